The first-order valence-electron chi connectivity index (χ1n) is 6.82. The molecule has 1 aliphatic heterocycles. The van der Waals surface area contributed by atoms with Gasteiger partial charge in [0.15, 0.2) is 0 Å². The van der Waals surface area contributed by atoms with Gasteiger partial charge >= 0.3 is 0 Å². The highest BCUT2D eigenvalue weighted by atomic mass is 35.5. The average Bonchev–Trinajstić information content (AvgIpc) is 2.36. The summed E-state index contributed by atoms with van der Waals surface area (Å²) in [7, 11) is 2.21. The molecule has 1 N–H and O–H groups in total. The second kappa shape index (κ2) is 6.55. The van der Waals surface area contributed by atoms with Crippen LogP contribution in [0.5, 0.6) is 0 Å². The van der Waals surface area contributed by atoms with Crippen LogP contribution in [-0.4, -0.2) is 31.6 Å². The first-order valence-corrected chi connectivity index (χ1v) is 7.20. The van der Waals surface area contributed by atoms with Gasteiger partial charge in [0.05, 0.1) is 0 Å². The Kier molecular flexibility index (Phi) is 5.04. The number of likely N-dealkylation sites (tertiary alicyclic amines) is 1. The topological polar surface area (TPSA) is 15.3 Å². The van der Waals surface area contributed by atoms with Crippen molar-refractivity contribution in [2.45, 2.75) is 25.8 Å². The molecule has 2 rings (SSSR count). The van der Waals surface area contributed by atoms with Gasteiger partial charge in [-0.1, -0.05) is 23.7 Å². The molecule has 1 unspecified atom stereocenters. The molecule has 0 spiro atoms. The smallest absolute Gasteiger partial charge is 0.0409 e. The molecule has 0 amide bonds. The van der Waals surface area contributed by atoms with Gasteiger partial charge in [0.1, 0.15) is 0 Å². The Labute approximate surface area is 115 Å². The van der Waals surface area contributed by atoms with E-state index in [9.17, 15) is 0 Å². The van der Waals surface area contributed by atoms with E-state index in [2.05, 4.69) is 30.3 Å². The van der Waals surface area contributed by atoms with Crippen molar-refractivity contribution in [2.24, 2.45) is 5.92 Å². The zero-order valence-corrected chi connectivity index (χ0v) is 12.1. The Morgan fingerprint density at radius 1 is 1.50 bits per heavy atom. The first-order chi connectivity index (χ1) is 8.65. The maximum absolute atomic E-state index is 6.02. The molecular weight excluding hydrogens is 244 g/mol. The van der Waals surface area contributed by atoms with E-state index in [1.165, 1.54) is 31.5 Å². The molecule has 0 saturated carbocycles. The van der Waals surface area contributed by atoms with Crippen LogP contribution in [0.3, 0.4) is 0 Å². The molecule has 0 radical (unpaired) electrons. The third kappa shape index (κ3) is 3.98. The lowest BCUT2D eigenvalue weighted by Gasteiger charge is -2.30. The van der Waals surface area contributed by atoms with Crippen molar-refractivity contribution >= 4 is 11.6 Å². The molecule has 1 aliphatic rings. The van der Waals surface area contributed by atoms with E-state index >= 15 is 0 Å². The lowest BCUT2D eigenvalue weighted by molar-refractivity contribution is 0.203. The van der Waals surface area contributed by atoms with Gasteiger partial charge < -0.3 is 10.2 Å². The monoisotopic (exact) mass is 266 g/mol. The molecular formula is C15H23ClN2. The van der Waals surface area contributed by atoms with E-state index in [1.54, 1.807) is 0 Å². The second-order valence-electron chi connectivity index (χ2n) is 5.46. The Balaban J connectivity index is 1.82. The van der Waals surface area contributed by atoms with Crippen molar-refractivity contribution in [1.29, 1.82) is 0 Å². The number of hydrogen-bond donors (Lipinski definition) is 1. The summed E-state index contributed by atoms with van der Waals surface area (Å²) in [6.07, 6.45) is 2.67. The van der Waals surface area contributed by atoms with E-state index in [0.717, 1.165) is 17.5 Å². The molecule has 1 fully saturated rings. The summed E-state index contributed by atoms with van der Waals surface area (Å²) in [4.78, 5) is 2.43. The van der Waals surface area contributed by atoms with Gasteiger partial charge in [0, 0.05) is 17.6 Å². The molecule has 1 heterocycles. The zero-order valence-electron chi connectivity index (χ0n) is 11.3. The van der Waals surface area contributed by atoms with Gasteiger partial charge in [0.2, 0.25) is 0 Å². The summed E-state index contributed by atoms with van der Waals surface area (Å²) in [5.74, 6) is 0.783. The fraction of sp³-hybridized carbons (Fsp3) is 0.600. The van der Waals surface area contributed by atoms with Crippen molar-refractivity contribution in [3.63, 3.8) is 0 Å². The molecule has 0 bridgehead atoms. The lowest BCUT2D eigenvalue weighted by atomic mass is 9.98. The van der Waals surface area contributed by atoms with Crippen LogP contribution in [0, 0.1) is 5.92 Å². The number of rotatable bonds is 4. The highest BCUT2D eigenvalue weighted by Gasteiger charge is 2.17. The van der Waals surface area contributed by atoms with E-state index in [4.69, 9.17) is 11.6 Å². The Bertz CT molecular complexity index is 381. The second-order valence-corrected chi connectivity index (χ2v) is 5.89. The number of hydrogen-bond acceptors (Lipinski definition) is 2. The standard InChI is InChI=1S/C15H23ClN2/c1-12(14-6-3-7-15(16)9-14)17-10-13-5-4-8-18(2)11-13/h3,6-7,9,12-13,17H,4-5,8,10-11H2,1-2H3/t12-,13?/m1/s1. The zero-order chi connectivity index (χ0) is 13.0. The molecule has 1 aromatic carbocycles. The summed E-state index contributed by atoms with van der Waals surface area (Å²) in [6, 6.07) is 8.50. The van der Waals surface area contributed by atoms with E-state index < -0.39 is 0 Å². The number of nitrogens with one attached hydrogen (secondary N) is 1. The SMILES string of the molecule is C[C@@H](NCC1CCCN(C)C1)c1cccc(Cl)c1. The predicted molar refractivity (Wildman–Crippen MR) is 78.1 cm³/mol. The van der Waals surface area contributed by atoms with Gasteiger partial charge in [-0.15, -0.1) is 0 Å². The van der Waals surface area contributed by atoms with Crippen molar-refractivity contribution < 1.29 is 0 Å². The largest absolute Gasteiger partial charge is 0.310 e. The summed E-state index contributed by atoms with van der Waals surface area (Å²) in [5, 5.41) is 4.45. The van der Waals surface area contributed by atoms with Crippen LogP contribution < -0.4 is 5.32 Å². The molecule has 3 heteroatoms. The summed E-state index contributed by atoms with van der Waals surface area (Å²) in [5.41, 5.74) is 1.27. The van der Waals surface area contributed by atoms with E-state index in [-0.39, 0.29) is 0 Å². The lowest BCUT2D eigenvalue weighted by Crippen LogP contribution is -2.37. The molecule has 0 aliphatic carbocycles. The third-order valence-electron chi connectivity index (χ3n) is 3.78. The normalized spacial score (nSPS) is 22.9. The van der Waals surface area contributed by atoms with Gasteiger partial charge in [0.25, 0.3) is 0 Å². The Morgan fingerprint density at radius 2 is 2.33 bits per heavy atom. The van der Waals surface area contributed by atoms with E-state index in [0.29, 0.717) is 6.04 Å². The number of benzene rings is 1. The van der Waals surface area contributed by atoms with Crippen molar-refractivity contribution in [3.05, 3.63) is 34.9 Å². The highest BCUT2D eigenvalue weighted by Crippen LogP contribution is 2.19. The maximum atomic E-state index is 6.02. The van der Waals surface area contributed by atoms with Crippen molar-refractivity contribution in [1.82, 2.24) is 10.2 Å². The van der Waals surface area contributed by atoms with Crippen molar-refractivity contribution in [3.8, 4) is 0 Å². The van der Waals surface area contributed by atoms with Crippen LogP contribution in [0.25, 0.3) is 0 Å². The minimum absolute atomic E-state index is 0.371. The van der Waals surface area contributed by atoms with Crippen LogP contribution in [0.1, 0.15) is 31.4 Å². The molecule has 1 saturated heterocycles. The van der Waals surface area contributed by atoms with Gasteiger partial charge in [-0.05, 0) is 63.5 Å². The van der Waals surface area contributed by atoms with Crippen molar-refractivity contribution in [2.75, 3.05) is 26.7 Å². The van der Waals surface area contributed by atoms with Crippen LogP contribution in [0.2, 0.25) is 5.02 Å². The third-order valence-corrected chi connectivity index (χ3v) is 4.02. The van der Waals surface area contributed by atoms with Gasteiger partial charge in [-0.3, -0.25) is 0 Å². The molecule has 100 valence electrons. The minimum atomic E-state index is 0.371. The molecule has 2 nitrogen and oxygen atoms in total. The fourth-order valence-electron chi connectivity index (χ4n) is 2.68. The number of nitrogens with zero attached hydrogens (tertiary/aromatic N) is 1. The van der Waals surface area contributed by atoms with Gasteiger partial charge in [-0.25, -0.2) is 0 Å². The Morgan fingerprint density at radius 3 is 3.06 bits per heavy atom. The predicted octanol–water partition coefficient (Wildman–Crippen LogP) is 3.33. The van der Waals surface area contributed by atoms with Crippen LogP contribution in [-0.2, 0) is 0 Å². The first kappa shape index (κ1) is 13.9. The quantitative estimate of drug-likeness (QED) is 0.899. The van der Waals surface area contributed by atoms with Crippen LogP contribution >= 0.6 is 11.6 Å². The Hall–Kier alpha value is -0.570. The van der Waals surface area contributed by atoms with Crippen LogP contribution in [0.4, 0.5) is 0 Å². The van der Waals surface area contributed by atoms with Gasteiger partial charge in [-0.2, -0.15) is 0 Å². The molecule has 1 aromatic rings. The summed E-state index contributed by atoms with van der Waals surface area (Å²) >= 11 is 6.02. The fourth-order valence-corrected chi connectivity index (χ4v) is 2.88. The minimum Gasteiger partial charge on any atom is -0.310 e. The average molecular weight is 267 g/mol. The highest BCUT2D eigenvalue weighted by molar-refractivity contribution is 6.30. The van der Waals surface area contributed by atoms with E-state index in [1.807, 2.05) is 18.2 Å². The molecule has 0 aromatic heterocycles. The summed E-state index contributed by atoms with van der Waals surface area (Å²) < 4.78 is 0. The summed E-state index contributed by atoms with van der Waals surface area (Å²) in [6.45, 7) is 5.77. The molecule has 18 heavy (non-hydrogen) atoms. The maximum Gasteiger partial charge on any atom is 0.0409 e. The number of piperidine rings is 1. The number of halogens is 1. The van der Waals surface area contributed by atoms with Crippen LogP contribution in [0.15, 0.2) is 24.3 Å². The molecule has 2 atom stereocenters.